The third-order valence-electron chi connectivity index (χ3n) is 4.69. The number of H-pyrrole nitrogens is 1. The van der Waals surface area contributed by atoms with E-state index in [0.717, 1.165) is 23.7 Å². The molecule has 1 aliphatic rings. The van der Waals surface area contributed by atoms with E-state index in [9.17, 15) is 9.18 Å². The van der Waals surface area contributed by atoms with Crippen LogP contribution in [0.2, 0.25) is 0 Å². The summed E-state index contributed by atoms with van der Waals surface area (Å²) in [4.78, 5) is 23.7. The maximum atomic E-state index is 13.9. The Labute approximate surface area is 150 Å². The number of hydrogen-bond donors (Lipinski definition) is 3. The van der Waals surface area contributed by atoms with E-state index < -0.39 is 5.82 Å². The quantitative estimate of drug-likeness (QED) is 0.636. The van der Waals surface area contributed by atoms with Gasteiger partial charge in [-0.25, -0.2) is 14.4 Å². The first-order valence-electron chi connectivity index (χ1n) is 8.72. The van der Waals surface area contributed by atoms with Crippen molar-refractivity contribution >= 4 is 22.6 Å². The summed E-state index contributed by atoms with van der Waals surface area (Å²) in [6.07, 6.45) is 5.00. The van der Waals surface area contributed by atoms with Crippen molar-refractivity contribution in [3.8, 4) is 0 Å². The molecule has 6 nitrogen and oxygen atoms in total. The first-order valence-corrected chi connectivity index (χ1v) is 8.72. The van der Waals surface area contributed by atoms with Gasteiger partial charge in [-0.2, -0.15) is 0 Å². The topological polar surface area (TPSA) is 82.7 Å². The highest BCUT2D eigenvalue weighted by Crippen LogP contribution is 2.34. The highest BCUT2D eigenvalue weighted by Gasteiger charge is 2.32. The molecule has 134 valence electrons. The molecular formula is C19H20FN5O. The van der Waals surface area contributed by atoms with E-state index in [1.807, 2.05) is 24.3 Å². The predicted molar refractivity (Wildman–Crippen MR) is 97.5 cm³/mol. The molecule has 0 radical (unpaired) electrons. The Bertz CT molecular complexity index is 950. The minimum Gasteiger partial charge on any atom is -0.363 e. The molecule has 2 heterocycles. The van der Waals surface area contributed by atoms with Crippen molar-refractivity contribution in [1.82, 2.24) is 20.3 Å². The molecule has 0 bridgehead atoms. The lowest BCUT2D eigenvalue weighted by molar-refractivity contribution is 0.0953. The van der Waals surface area contributed by atoms with Gasteiger partial charge in [-0.1, -0.05) is 18.2 Å². The highest BCUT2D eigenvalue weighted by molar-refractivity contribution is 6.06. The van der Waals surface area contributed by atoms with Gasteiger partial charge in [0.25, 0.3) is 5.91 Å². The zero-order chi connectivity index (χ0) is 18.1. The molecule has 1 aromatic carbocycles. The minimum absolute atomic E-state index is 0.0621. The van der Waals surface area contributed by atoms with Crippen molar-refractivity contribution in [1.29, 1.82) is 0 Å². The monoisotopic (exact) mass is 353 g/mol. The van der Waals surface area contributed by atoms with Gasteiger partial charge in [-0.15, -0.1) is 0 Å². The van der Waals surface area contributed by atoms with Crippen LogP contribution in [0.3, 0.4) is 0 Å². The van der Waals surface area contributed by atoms with Crippen molar-refractivity contribution in [3.63, 3.8) is 0 Å². The van der Waals surface area contributed by atoms with Crippen LogP contribution in [-0.2, 0) is 0 Å². The van der Waals surface area contributed by atoms with E-state index in [2.05, 4.69) is 25.6 Å². The second kappa shape index (κ2) is 6.74. The summed E-state index contributed by atoms with van der Waals surface area (Å²) in [6, 6.07) is 7.61. The molecule has 1 aliphatic carbocycles. The van der Waals surface area contributed by atoms with Crippen molar-refractivity contribution in [3.05, 3.63) is 53.9 Å². The summed E-state index contributed by atoms with van der Waals surface area (Å²) in [7, 11) is 0. The number of amides is 1. The number of rotatable bonds is 6. The first-order chi connectivity index (χ1) is 12.6. The second-order valence-corrected chi connectivity index (χ2v) is 6.66. The lowest BCUT2D eigenvalue weighted by Crippen LogP contribution is -2.38. The number of carbonyl (C=O) groups is 1. The van der Waals surface area contributed by atoms with Gasteiger partial charge < -0.3 is 15.6 Å². The van der Waals surface area contributed by atoms with Gasteiger partial charge in [-0.3, -0.25) is 4.79 Å². The number of benzene rings is 1. The molecule has 1 atom stereocenters. The zero-order valence-corrected chi connectivity index (χ0v) is 14.4. The summed E-state index contributed by atoms with van der Waals surface area (Å²) in [5, 5.41) is 6.99. The van der Waals surface area contributed by atoms with E-state index in [-0.39, 0.29) is 17.8 Å². The van der Waals surface area contributed by atoms with Crippen LogP contribution in [0, 0.1) is 18.7 Å². The number of halogens is 1. The maximum Gasteiger partial charge on any atom is 0.253 e. The smallest absolute Gasteiger partial charge is 0.253 e. The number of anilines is 1. The van der Waals surface area contributed by atoms with Gasteiger partial charge in [0.2, 0.25) is 0 Å². The van der Waals surface area contributed by atoms with Crippen LogP contribution >= 0.6 is 0 Å². The molecule has 0 saturated heterocycles. The Balaban J connectivity index is 1.46. The van der Waals surface area contributed by atoms with E-state index >= 15 is 0 Å². The van der Waals surface area contributed by atoms with Crippen LogP contribution in [0.25, 0.3) is 10.9 Å². The molecule has 7 heteroatoms. The fourth-order valence-electron chi connectivity index (χ4n) is 3.12. The molecule has 1 saturated carbocycles. The number of aromatic amines is 1. The SMILES string of the molecule is Cc1ncc(F)c(NC(CNC(=O)c2c[nH]c3ccccc23)C2CC2)n1. The van der Waals surface area contributed by atoms with Crippen molar-refractivity contribution < 1.29 is 9.18 Å². The number of aryl methyl sites for hydroxylation is 1. The first kappa shape index (κ1) is 16.5. The molecule has 1 fully saturated rings. The normalized spacial score (nSPS) is 15.0. The van der Waals surface area contributed by atoms with Gasteiger partial charge in [0.1, 0.15) is 5.82 Å². The van der Waals surface area contributed by atoms with Crippen LogP contribution in [0.15, 0.2) is 36.7 Å². The zero-order valence-electron chi connectivity index (χ0n) is 14.4. The van der Waals surface area contributed by atoms with Crippen LogP contribution in [0.1, 0.15) is 29.0 Å². The number of nitrogens with one attached hydrogen (secondary N) is 3. The predicted octanol–water partition coefficient (Wildman–Crippen LogP) is 3.03. The molecule has 3 aromatic rings. The van der Waals surface area contributed by atoms with Crippen LogP contribution in [0.5, 0.6) is 0 Å². The number of nitrogens with zero attached hydrogens (tertiary/aromatic N) is 2. The Morgan fingerprint density at radius 2 is 2.19 bits per heavy atom. The van der Waals surface area contributed by atoms with Crippen molar-refractivity contribution in [2.45, 2.75) is 25.8 Å². The van der Waals surface area contributed by atoms with Crippen LogP contribution < -0.4 is 10.6 Å². The van der Waals surface area contributed by atoms with Crippen molar-refractivity contribution in [2.24, 2.45) is 5.92 Å². The molecule has 26 heavy (non-hydrogen) atoms. The van der Waals surface area contributed by atoms with Gasteiger partial charge in [0, 0.05) is 29.7 Å². The molecule has 0 aliphatic heterocycles. The van der Waals surface area contributed by atoms with Crippen molar-refractivity contribution in [2.75, 3.05) is 11.9 Å². The van der Waals surface area contributed by atoms with E-state index in [1.54, 1.807) is 13.1 Å². The number of hydrogen-bond acceptors (Lipinski definition) is 4. The standard InChI is InChI=1S/C19H20FN5O/c1-11-21-9-15(20)18(24-11)25-17(12-6-7-12)10-23-19(26)14-8-22-16-5-3-2-4-13(14)16/h2-5,8-9,12,17,22H,6-7,10H2,1H3,(H,23,26)(H,21,24,25). The summed E-state index contributed by atoms with van der Waals surface area (Å²) < 4.78 is 13.9. The second-order valence-electron chi connectivity index (χ2n) is 6.66. The Morgan fingerprint density at radius 1 is 1.38 bits per heavy atom. The number of aromatic nitrogens is 3. The minimum atomic E-state index is -0.482. The summed E-state index contributed by atoms with van der Waals surface area (Å²) in [5.41, 5.74) is 1.53. The summed E-state index contributed by atoms with van der Waals surface area (Å²) >= 11 is 0. The third-order valence-corrected chi connectivity index (χ3v) is 4.69. The highest BCUT2D eigenvalue weighted by atomic mass is 19.1. The largest absolute Gasteiger partial charge is 0.363 e. The molecule has 0 spiro atoms. The van der Waals surface area contributed by atoms with E-state index in [1.165, 1.54) is 6.20 Å². The van der Waals surface area contributed by atoms with Gasteiger partial charge in [0.05, 0.1) is 11.8 Å². The summed E-state index contributed by atoms with van der Waals surface area (Å²) in [6.45, 7) is 2.13. The third kappa shape index (κ3) is 3.37. The van der Waals surface area contributed by atoms with Gasteiger partial charge in [-0.05, 0) is 31.7 Å². The average Bonchev–Trinajstić information content (AvgIpc) is 3.39. The van der Waals surface area contributed by atoms with Crippen LogP contribution in [0.4, 0.5) is 10.2 Å². The molecule has 3 N–H and O–H groups in total. The number of fused-ring (bicyclic) bond motifs is 1. The lowest BCUT2D eigenvalue weighted by atomic mass is 10.1. The van der Waals surface area contributed by atoms with Crippen LogP contribution in [-0.4, -0.2) is 33.4 Å². The number of para-hydroxylation sites is 1. The van der Waals surface area contributed by atoms with E-state index in [4.69, 9.17) is 0 Å². The molecule has 1 amide bonds. The summed E-state index contributed by atoms with van der Waals surface area (Å²) in [5.74, 6) is 0.480. The van der Waals surface area contributed by atoms with Gasteiger partial charge >= 0.3 is 0 Å². The fourth-order valence-corrected chi connectivity index (χ4v) is 3.12. The Hall–Kier alpha value is -2.96. The lowest BCUT2D eigenvalue weighted by Gasteiger charge is -2.20. The molecule has 2 aromatic heterocycles. The Kier molecular flexibility index (Phi) is 4.28. The molecule has 4 rings (SSSR count). The Morgan fingerprint density at radius 3 is 3.00 bits per heavy atom. The fraction of sp³-hybridized carbons (Fsp3) is 0.316. The average molecular weight is 353 g/mol. The van der Waals surface area contributed by atoms with Gasteiger partial charge in [0.15, 0.2) is 11.6 Å². The maximum absolute atomic E-state index is 13.9. The molecule has 1 unspecified atom stereocenters. The number of carbonyl (C=O) groups excluding carboxylic acids is 1. The van der Waals surface area contributed by atoms with E-state index in [0.29, 0.717) is 23.9 Å². The molecular weight excluding hydrogens is 333 g/mol.